The second kappa shape index (κ2) is 7.89. The van der Waals surface area contributed by atoms with E-state index in [0.717, 1.165) is 11.3 Å². The number of rotatable bonds is 5. The Hall–Kier alpha value is -2.45. The number of halogens is 1. The van der Waals surface area contributed by atoms with Crippen molar-refractivity contribution >= 4 is 40.9 Å². The molecule has 0 amide bonds. The van der Waals surface area contributed by atoms with Gasteiger partial charge in [0, 0.05) is 17.6 Å². The highest BCUT2D eigenvalue weighted by molar-refractivity contribution is 7.99. The van der Waals surface area contributed by atoms with E-state index in [1.165, 1.54) is 16.3 Å². The van der Waals surface area contributed by atoms with Crippen molar-refractivity contribution in [3.05, 3.63) is 52.3 Å². The molecule has 4 rings (SSSR count). The van der Waals surface area contributed by atoms with Crippen molar-refractivity contribution in [2.45, 2.75) is 30.8 Å². The molecule has 0 aliphatic heterocycles. The molecule has 3 aromatic rings. The number of aromatic nitrogens is 4. The Bertz CT molecular complexity index is 1050. The molecule has 28 heavy (non-hydrogen) atoms. The molecule has 0 saturated heterocycles. The molecule has 0 radical (unpaired) electrons. The van der Waals surface area contributed by atoms with Gasteiger partial charge in [-0.2, -0.15) is 4.98 Å². The van der Waals surface area contributed by atoms with Gasteiger partial charge in [-0.15, -0.1) is 5.10 Å². The minimum Gasteiger partial charge on any atom is -0.465 e. The lowest BCUT2D eigenvalue weighted by atomic mass is 9.82. The number of ether oxygens (including phenoxy) is 1. The molecule has 1 aliphatic carbocycles. The molecule has 0 N–H and O–H groups in total. The third-order valence-corrected chi connectivity index (χ3v) is 5.59. The molecule has 1 unspecified atom stereocenters. The summed E-state index contributed by atoms with van der Waals surface area (Å²) < 4.78 is 6.40. The lowest BCUT2D eigenvalue weighted by Crippen LogP contribution is -2.21. The van der Waals surface area contributed by atoms with E-state index in [4.69, 9.17) is 16.3 Å². The zero-order valence-corrected chi connectivity index (χ0v) is 16.7. The summed E-state index contributed by atoms with van der Waals surface area (Å²) in [5, 5.41) is 5.40. The first-order valence-electron chi connectivity index (χ1n) is 8.87. The number of thioether (sulfide) groups is 1. The van der Waals surface area contributed by atoms with Gasteiger partial charge in [0.1, 0.15) is 0 Å². The smallest absolute Gasteiger partial charge is 0.316 e. The first kappa shape index (κ1) is 18.9. The number of carbonyl (C=O) groups is 2. The van der Waals surface area contributed by atoms with E-state index in [2.05, 4.69) is 15.1 Å². The lowest BCUT2D eigenvalue weighted by molar-refractivity contribution is -0.139. The Labute approximate surface area is 170 Å². The van der Waals surface area contributed by atoms with Gasteiger partial charge in [0.05, 0.1) is 23.6 Å². The SMILES string of the molecule is CCOC(=O)CSc1nc2nc3c(cn2n1)C(=O)CC(c1ccc(Cl)cc1)C3. The summed E-state index contributed by atoms with van der Waals surface area (Å²) in [7, 11) is 0. The van der Waals surface area contributed by atoms with Gasteiger partial charge in [-0.3, -0.25) is 9.59 Å². The molecule has 9 heteroatoms. The Morgan fingerprint density at radius 2 is 2.07 bits per heavy atom. The van der Waals surface area contributed by atoms with Crippen molar-refractivity contribution < 1.29 is 14.3 Å². The summed E-state index contributed by atoms with van der Waals surface area (Å²) in [6, 6.07) is 7.56. The minimum atomic E-state index is -0.320. The van der Waals surface area contributed by atoms with Crippen LogP contribution >= 0.6 is 23.4 Å². The van der Waals surface area contributed by atoms with Crippen LogP contribution < -0.4 is 0 Å². The highest BCUT2D eigenvalue weighted by Gasteiger charge is 2.28. The van der Waals surface area contributed by atoms with Crippen molar-refractivity contribution in [2.75, 3.05) is 12.4 Å². The molecule has 144 valence electrons. The maximum Gasteiger partial charge on any atom is 0.316 e. The second-order valence-electron chi connectivity index (χ2n) is 6.41. The number of benzene rings is 1. The fraction of sp³-hybridized carbons (Fsp3) is 0.316. The van der Waals surface area contributed by atoms with E-state index in [1.807, 2.05) is 24.3 Å². The van der Waals surface area contributed by atoms with Gasteiger partial charge in [0.15, 0.2) is 5.78 Å². The second-order valence-corrected chi connectivity index (χ2v) is 7.79. The average Bonchev–Trinajstić information content (AvgIpc) is 3.07. The van der Waals surface area contributed by atoms with E-state index in [9.17, 15) is 9.59 Å². The van der Waals surface area contributed by atoms with Crippen LogP contribution in [0.3, 0.4) is 0 Å². The maximum absolute atomic E-state index is 12.7. The number of hydrogen-bond acceptors (Lipinski definition) is 7. The number of esters is 1. The van der Waals surface area contributed by atoms with Gasteiger partial charge in [-0.05, 0) is 37.0 Å². The number of Topliss-reactive ketones (excluding diaryl/α,β-unsaturated/α-hetero) is 1. The molecular weight excluding hydrogens is 400 g/mol. The van der Waals surface area contributed by atoms with Crippen LogP contribution in [0.15, 0.2) is 35.6 Å². The van der Waals surface area contributed by atoms with Crippen molar-refractivity contribution in [3.8, 4) is 0 Å². The van der Waals surface area contributed by atoms with Crippen LogP contribution in [0.25, 0.3) is 5.78 Å². The fourth-order valence-corrected chi connectivity index (χ4v) is 3.97. The predicted octanol–water partition coefficient (Wildman–Crippen LogP) is 3.35. The largest absolute Gasteiger partial charge is 0.465 e. The number of carbonyl (C=O) groups excluding carboxylic acids is 2. The van der Waals surface area contributed by atoms with Gasteiger partial charge in [-0.1, -0.05) is 35.5 Å². The van der Waals surface area contributed by atoms with Crippen molar-refractivity contribution in [3.63, 3.8) is 0 Å². The summed E-state index contributed by atoms with van der Waals surface area (Å²) in [6.07, 6.45) is 2.75. The zero-order chi connectivity index (χ0) is 19.7. The molecule has 0 saturated carbocycles. The van der Waals surface area contributed by atoms with Crippen LogP contribution in [0, 0.1) is 0 Å². The van der Waals surface area contributed by atoms with E-state index < -0.39 is 0 Å². The minimum absolute atomic E-state index is 0.0341. The number of hydrogen-bond donors (Lipinski definition) is 0. The lowest BCUT2D eigenvalue weighted by Gasteiger charge is -2.23. The van der Waals surface area contributed by atoms with Gasteiger partial charge in [0.2, 0.25) is 5.16 Å². The zero-order valence-electron chi connectivity index (χ0n) is 15.1. The summed E-state index contributed by atoms with van der Waals surface area (Å²) in [6.45, 7) is 2.09. The molecule has 1 atom stereocenters. The van der Waals surface area contributed by atoms with E-state index >= 15 is 0 Å². The van der Waals surface area contributed by atoms with Crippen molar-refractivity contribution in [1.82, 2.24) is 19.6 Å². The average molecular weight is 417 g/mol. The molecule has 2 heterocycles. The first-order valence-corrected chi connectivity index (χ1v) is 10.2. The number of fused-ring (bicyclic) bond motifs is 2. The Kier molecular flexibility index (Phi) is 5.32. The molecule has 2 aromatic heterocycles. The van der Waals surface area contributed by atoms with E-state index in [0.29, 0.717) is 41.0 Å². The van der Waals surface area contributed by atoms with Crippen molar-refractivity contribution in [2.24, 2.45) is 0 Å². The molecule has 1 aromatic carbocycles. The molecule has 1 aliphatic rings. The number of ketones is 1. The Balaban J connectivity index is 1.58. The highest BCUT2D eigenvalue weighted by atomic mass is 35.5. The van der Waals surface area contributed by atoms with Crippen LogP contribution in [0.4, 0.5) is 0 Å². The van der Waals surface area contributed by atoms with Crippen LogP contribution in [0.5, 0.6) is 0 Å². The normalized spacial score (nSPS) is 16.2. The standard InChI is InChI=1S/C19H17ClN4O3S/c1-2-27-17(26)10-28-19-22-18-21-15-7-12(11-3-5-13(20)6-4-11)8-16(25)14(15)9-24(18)23-19/h3-6,9,12H,2,7-8,10H2,1H3. The van der Waals surface area contributed by atoms with Crippen LogP contribution in [-0.4, -0.2) is 43.7 Å². The highest BCUT2D eigenvalue weighted by Crippen LogP contribution is 2.32. The Morgan fingerprint density at radius 1 is 1.29 bits per heavy atom. The summed E-state index contributed by atoms with van der Waals surface area (Å²) in [4.78, 5) is 33.1. The summed E-state index contributed by atoms with van der Waals surface area (Å²) in [5.74, 6) is 0.316. The monoisotopic (exact) mass is 416 g/mol. The maximum atomic E-state index is 12.7. The molecular formula is C19H17ClN4O3S. The third-order valence-electron chi connectivity index (χ3n) is 4.53. The Morgan fingerprint density at radius 3 is 2.82 bits per heavy atom. The first-order chi connectivity index (χ1) is 13.5. The van der Waals surface area contributed by atoms with Gasteiger partial charge in [0.25, 0.3) is 5.78 Å². The van der Waals surface area contributed by atoms with Crippen molar-refractivity contribution in [1.29, 1.82) is 0 Å². The predicted molar refractivity (Wildman–Crippen MR) is 105 cm³/mol. The van der Waals surface area contributed by atoms with Gasteiger partial charge in [-0.25, -0.2) is 9.50 Å². The van der Waals surface area contributed by atoms with Crippen LogP contribution in [-0.2, 0) is 16.0 Å². The molecule has 7 nitrogen and oxygen atoms in total. The molecule has 0 bridgehead atoms. The van der Waals surface area contributed by atoms with Crippen LogP contribution in [0.2, 0.25) is 5.02 Å². The topological polar surface area (TPSA) is 86.4 Å². The third kappa shape index (κ3) is 3.88. The quantitative estimate of drug-likeness (QED) is 0.465. The van der Waals surface area contributed by atoms with Crippen LogP contribution in [0.1, 0.15) is 40.9 Å². The summed E-state index contributed by atoms with van der Waals surface area (Å²) in [5.41, 5.74) is 2.36. The van der Waals surface area contributed by atoms with Gasteiger partial charge < -0.3 is 4.74 Å². The number of nitrogens with zero attached hydrogens (tertiary/aromatic N) is 4. The fourth-order valence-electron chi connectivity index (χ4n) is 3.22. The van der Waals surface area contributed by atoms with E-state index in [-0.39, 0.29) is 23.4 Å². The molecule has 0 fully saturated rings. The van der Waals surface area contributed by atoms with Gasteiger partial charge >= 0.3 is 5.97 Å². The molecule has 0 spiro atoms. The van der Waals surface area contributed by atoms with E-state index in [1.54, 1.807) is 13.1 Å². The summed E-state index contributed by atoms with van der Waals surface area (Å²) >= 11 is 7.14.